The Kier molecular flexibility index (Phi) is 6.90. The number of carbonyl (C=O) groups excluding carboxylic acids is 2. The van der Waals surface area contributed by atoms with E-state index in [2.05, 4.69) is 11.5 Å². The number of phenols is 1. The first kappa shape index (κ1) is 26.5. The molecule has 1 heterocycles. The number of phenolic OH excluding ortho intramolecular Hbond substituents is 1. The standard InChI is InChI=1S/C30H38N2O6/c1-3-8-30(38)24-18(14-21(33)25(30)29(31)37)12-17-13-20-16(4-2)11-19(15-32-9-6-5-7-10-32)26(34)23(20)27(35)22(17)28(24)36/h3,11,17-18,24,33-34,36,38H,1,4-10,12-15H2,2H3,(H2,31,37)/t17?,18?,24?,30-/m1/s1. The first-order valence-corrected chi connectivity index (χ1v) is 13.7. The number of aliphatic hydroxyl groups is 3. The number of Topliss-reactive ketones (excluding diaryl/α,β-unsaturated/α-hetero) is 1. The summed E-state index contributed by atoms with van der Waals surface area (Å²) in [6.07, 6.45) is 6.38. The number of nitrogens with two attached hydrogens (primary N) is 1. The molecule has 38 heavy (non-hydrogen) atoms. The van der Waals surface area contributed by atoms with E-state index in [9.17, 15) is 30.0 Å². The number of amides is 1. The summed E-state index contributed by atoms with van der Waals surface area (Å²) in [5.41, 5.74) is 6.18. The van der Waals surface area contributed by atoms with Gasteiger partial charge in [0.15, 0.2) is 5.78 Å². The van der Waals surface area contributed by atoms with Crippen LogP contribution in [0, 0.1) is 17.8 Å². The van der Waals surface area contributed by atoms with Crippen molar-refractivity contribution in [1.82, 2.24) is 4.90 Å². The number of fused-ring (bicyclic) bond motifs is 3. The second kappa shape index (κ2) is 9.89. The average molecular weight is 523 g/mol. The Bertz CT molecular complexity index is 1260. The van der Waals surface area contributed by atoms with E-state index in [0.717, 1.165) is 37.1 Å². The third-order valence-electron chi connectivity index (χ3n) is 9.16. The van der Waals surface area contributed by atoms with Gasteiger partial charge in [0.05, 0.1) is 17.1 Å². The Morgan fingerprint density at radius 2 is 1.89 bits per heavy atom. The number of primary amides is 1. The minimum atomic E-state index is -1.99. The van der Waals surface area contributed by atoms with E-state index >= 15 is 0 Å². The summed E-state index contributed by atoms with van der Waals surface area (Å²) in [7, 11) is 0. The number of piperidine rings is 1. The minimum Gasteiger partial charge on any atom is -0.512 e. The molecule has 3 aliphatic carbocycles. The monoisotopic (exact) mass is 522 g/mol. The van der Waals surface area contributed by atoms with Crippen LogP contribution >= 0.6 is 0 Å². The molecule has 1 saturated heterocycles. The quantitative estimate of drug-likeness (QED) is 0.358. The van der Waals surface area contributed by atoms with E-state index in [-0.39, 0.29) is 52.7 Å². The smallest absolute Gasteiger partial charge is 0.250 e. The highest BCUT2D eigenvalue weighted by molar-refractivity contribution is 6.13. The van der Waals surface area contributed by atoms with Crippen LogP contribution in [0.15, 0.2) is 41.4 Å². The molecule has 1 aromatic rings. The molecule has 1 aliphatic heterocycles. The third-order valence-corrected chi connectivity index (χ3v) is 9.16. The molecular weight excluding hydrogens is 484 g/mol. The van der Waals surface area contributed by atoms with Gasteiger partial charge in [-0.15, -0.1) is 6.58 Å². The third kappa shape index (κ3) is 4.05. The summed E-state index contributed by atoms with van der Waals surface area (Å²) in [6.45, 7) is 8.17. The van der Waals surface area contributed by atoms with Crippen molar-refractivity contribution in [2.24, 2.45) is 23.5 Å². The molecule has 204 valence electrons. The molecule has 0 spiro atoms. The van der Waals surface area contributed by atoms with Crippen molar-refractivity contribution in [3.8, 4) is 5.75 Å². The summed E-state index contributed by atoms with van der Waals surface area (Å²) in [5, 5.41) is 45.4. The van der Waals surface area contributed by atoms with Crippen molar-refractivity contribution in [3.05, 3.63) is 63.6 Å². The number of allylic oxidation sites excluding steroid dienone is 2. The maximum atomic E-state index is 14.1. The number of carbonyl (C=O) groups is 2. The Morgan fingerprint density at radius 1 is 1.18 bits per heavy atom. The van der Waals surface area contributed by atoms with Crippen LogP contribution < -0.4 is 5.73 Å². The summed E-state index contributed by atoms with van der Waals surface area (Å²) in [6, 6.07) is 2.02. The fourth-order valence-corrected chi connectivity index (χ4v) is 7.57. The fourth-order valence-electron chi connectivity index (χ4n) is 7.57. The van der Waals surface area contributed by atoms with Crippen molar-refractivity contribution >= 4 is 11.7 Å². The van der Waals surface area contributed by atoms with Gasteiger partial charge in [-0.1, -0.05) is 25.5 Å². The Labute approximate surface area is 223 Å². The van der Waals surface area contributed by atoms with Crippen LogP contribution in [0.3, 0.4) is 0 Å². The molecule has 0 radical (unpaired) electrons. The van der Waals surface area contributed by atoms with E-state index in [1.807, 2.05) is 13.0 Å². The zero-order chi connectivity index (χ0) is 27.4. The van der Waals surface area contributed by atoms with Crippen LogP contribution in [0.4, 0.5) is 0 Å². The number of hydrogen-bond donors (Lipinski definition) is 5. The number of nitrogens with zero attached hydrogens (tertiary/aromatic N) is 1. The van der Waals surface area contributed by atoms with E-state index in [0.29, 0.717) is 31.4 Å². The van der Waals surface area contributed by atoms with Gasteiger partial charge in [-0.05, 0) is 74.6 Å². The number of ketones is 1. The molecule has 1 amide bonds. The number of likely N-dealkylation sites (tertiary alicyclic amines) is 1. The Morgan fingerprint density at radius 3 is 2.53 bits per heavy atom. The minimum absolute atomic E-state index is 0.0333. The molecule has 0 aromatic heterocycles. The van der Waals surface area contributed by atoms with Gasteiger partial charge in [0.1, 0.15) is 22.9 Å². The lowest BCUT2D eigenvalue weighted by molar-refractivity contribution is -0.120. The second-order valence-corrected chi connectivity index (χ2v) is 11.4. The van der Waals surface area contributed by atoms with Crippen molar-refractivity contribution in [3.63, 3.8) is 0 Å². The van der Waals surface area contributed by atoms with Crippen molar-refractivity contribution < 1.29 is 30.0 Å². The highest BCUT2D eigenvalue weighted by atomic mass is 16.3. The molecule has 0 saturated carbocycles. The van der Waals surface area contributed by atoms with Crippen molar-refractivity contribution in [2.45, 2.75) is 70.4 Å². The van der Waals surface area contributed by atoms with Crippen LogP contribution in [0.5, 0.6) is 5.75 Å². The molecule has 5 rings (SSSR count). The number of hydrogen-bond acceptors (Lipinski definition) is 7. The van der Waals surface area contributed by atoms with E-state index < -0.39 is 29.1 Å². The molecule has 8 heteroatoms. The molecule has 1 aromatic carbocycles. The molecule has 8 nitrogen and oxygen atoms in total. The van der Waals surface area contributed by atoms with Gasteiger partial charge < -0.3 is 26.2 Å². The highest BCUT2D eigenvalue weighted by Gasteiger charge is 2.57. The summed E-state index contributed by atoms with van der Waals surface area (Å²) in [5.74, 6) is -3.73. The lowest BCUT2D eigenvalue weighted by atomic mass is 9.57. The van der Waals surface area contributed by atoms with Crippen LogP contribution in [0.2, 0.25) is 0 Å². The van der Waals surface area contributed by atoms with Crippen LogP contribution in [0.1, 0.15) is 72.5 Å². The average Bonchev–Trinajstić information content (AvgIpc) is 2.85. The van der Waals surface area contributed by atoms with Crippen LogP contribution in [0.25, 0.3) is 0 Å². The maximum Gasteiger partial charge on any atom is 0.250 e. The van der Waals surface area contributed by atoms with Crippen LogP contribution in [-0.2, 0) is 24.2 Å². The summed E-state index contributed by atoms with van der Waals surface area (Å²) in [4.78, 5) is 28.6. The summed E-state index contributed by atoms with van der Waals surface area (Å²) >= 11 is 0. The van der Waals surface area contributed by atoms with E-state index in [4.69, 9.17) is 5.73 Å². The van der Waals surface area contributed by atoms with E-state index in [1.165, 1.54) is 12.5 Å². The fraction of sp³-hybridized carbons (Fsp3) is 0.533. The molecular formula is C30H38N2O6. The molecule has 1 fully saturated rings. The van der Waals surface area contributed by atoms with Crippen molar-refractivity contribution in [1.29, 1.82) is 0 Å². The SMILES string of the molecule is C=CC[C@]1(O)C(C(N)=O)=C(O)CC2CC3Cc4c(CC)cc(CN5CCCCC5)c(O)c4C(=O)C3=C(O)C21. The van der Waals surface area contributed by atoms with Gasteiger partial charge in [-0.3, -0.25) is 14.5 Å². The number of benzene rings is 1. The number of aliphatic hydroxyl groups excluding tert-OH is 2. The highest BCUT2D eigenvalue weighted by Crippen LogP contribution is 2.55. The Balaban J connectivity index is 1.62. The predicted octanol–water partition coefficient (Wildman–Crippen LogP) is 3.75. The molecule has 4 atom stereocenters. The first-order chi connectivity index (χ1) is 18.1. The maximum absolute atomic E-state index is 14.1. The van der Waals surface area contributed by atoms with Gasteiger partial charge >= 0.3 is 0 Å². The largest absolute Gasteiger partial charge is 0.512 e. The lowest BCUT2D eigenvalue weighted by Gasteiger charge is -2.49. The van der Waals surface area contributed by atoms with Gasteiger partial charge in [0.2, 0.25) is 0 Å². The zero-order valence-electron chi connectivity index (χ0n) is 22.0. The topological polar surface area (TPSA) is 144 Å². The van der Waals surface area contributed by atoms with Gasteiger partial charge in [0, 0.05) is 24.1 Å². The summed E-state index contributed by atoms with van der Waals surface area (Å²) < 4.78 is 0. The van der Waals surface area contributed by atoms with E-state index in [1.54, 1.807) is 0 Å². The van der Waals surface area contributed by atoms with Gasteiger partial charge in [0.25, 0.3) is 5.91 Å². The van der Waals surface area contributed by atoms with Crippen LogP contribution in [-0.4, -0.2) is 55.7 Å². The number of aryl methyl sites for hydroxylation is 1. The molecule has 6 N–H and O–H groups in total. The molecule has 0 bridgehead atoms. The molecule has 4 aliphatic rings. The Hall–Kier alpha value is -3.10. The number of rotatable bonds is 6. The lowest BCUT2D eigenvalue weighted by Crippen LogP contribution is -2.54. The first-order valence-electron chi connectivity index (χ1n) is 13.7. The number of aromatic hydroxyl groups is 1. The predicted molar refractivity (Wildman–Crippen MR) is 143 cm³/mol. The van der Waals surface area contributed by atoms with Gasteiger partial charge in [-0.25, -0.2) is 0 Å². The zero-order valence-corrected chi connectivity index (χ0v) is 22.0. The second-order valence-electron chi connectivity index (χ2n) is 11.4. The van der Waals surface area contributed by atoms with Gasteiger partial charge in [-0.2, -0.15) is 0 Å². The van der Waals surface area contributed by atoms with Crippen molar-refractivity contribution in [2.75, 3.05) is 13.1 Å². The molecule has 3 unspecified atom stereocenters. The normalized spacial score (nSPS) is 29.5.